The van der Waals surface area contributed by atoms with Gasteiger partial charge in [0.15, 0.2) is 0 Å². The van der Waals surface area contributed by atoms with Crippen LogP contribution in [0.15, 0.2) is 0 Å². The SMILES string of the molecule is C#CCNC(=O)C(C)NCCOCCOC. The molecule has 5 heteroatoms. The molecule has 1 unspecified atom stereocenters. The number of hydrogen-bond acceptors (Lipinski definition) is 4. The fourth-order valence-corrected chi connectivity index (χ4v) is 0.976. The van der Waals surface area contributed by atoms with Gasteiger partial charge in [0.25, 0.3) is 0 Å². The Hall–Kier alpha value is -1.09. The molecule has 0 rings (SSSR count). The van der Waals surface area contributed by atoms with Gasteiger partial charge >= 0.3 is 0 Å². The third-order valence-electron chi connectivity index (χ3n) is 1.89. The average molecular weight is 228 g/mol. The summed E-state index contributed by atoms with van der Waals surface area (Å²) in [6, 6.07) is -0.264. The molecule has 0 aliphatic carbocycles. The maximum atomic E-state index is 11.3. The van der Waals surface area contributed by atoms with Crippen molar-refractivity contribution in [1.29, 1.82) is 0 Å². The number of rotatable bonds is 9. The number of nitrogens with one attached hydrogen (secondary N) is 2. The highest BCUT2D eigenvalue weighted by Crippen LogP contribution is 1.82. The number of amides is 1. The van der Waals surface area contributed by atoms with E-state index in [4.69, 9.17) is 15.9 Å². The summed E-state index contributed by atoms with van der Waals surface area (Å²) in [5.41, 5.74) is 0. The highest BCUT2D eigenvalue weighted by Gasteiger charge is 2.09. The van der Waals surface area contributed by atoms with Crippen LogP contribution in [-0.4, -0.2) is 52.0 Å². The molecule has 0 saturated heterocycles. The second-order valence-corrected chi connectivity index (χ2v) is 3.20. The van der Waals surface area contributed by atoms with Gasteiger partial charge in [-0.25, -0.2) is 0 Å². The summed E-state index contributed by atoms with van der Waals surface area (Å²) >= 11 is 0. The predicted octanol–water partition coefficient (Wildman–Crippen LogP) is -0.623. The van der Waals surface area contributed by atoms with Crippen molar-refractivity contribution in [3.8, 4) is 12.3 Å². The van der Waals surface area contributed by atoms with Crippen LogP contribution in [-0.2, 0) is 14.3 Å². The average Bonchev–Trinajstić information content (AvgIpc) is 2.30. The Balaban J connectivity index is 3.39. The monoisotopic (exact) mass is 228 g/mol. The van der Waals surface area contributed by atoms with E-state index in [2.05, 4.69) is 16.6 Å². The van der Waals surface area contributed by atoms with E-state index < -0.39 is 0 Å². The van der Waals surface area contributed by atoms with Gasteiger partial charge in [-0.2, -0.15) is 0 Å². The molecule has 92 valence electrons. The Kier molecular flexibility index (Phi) is 9.72. The lowest BCUT2D eigenvalue weighted by atomic mass is 10.3. The normalized spacial score (nSPS) is 11.8. The minimum Gasteiger partial charge on any atom is -0.382 e. The van der Waals surface area contributed by atoms with Gasteiger partial charge in [-0.15, -0.1) is 6.42 Å². The van der Waals surface area contributed by atoms with Crippen LogP contribution in [0.5, 0.6) is 0 Å². The molecule has 16 heavy (non-hydrogen) atoms. The van der Waals surface area contributed by atoms with Crippen molar-refractivity contribution in [2.75, 3.05) is 40.0 Å². The van der Waals surface area contributed by atoms with E-state index in [0.29, 0.717) is 26.4 Å². The highest BCUT2D eigenvalue weighted by molar-refractivity contribution is 5.81. The Morgan fingerprint density at radius 1 is 1.44 bits per heavy atom. The Morgan fingerprint density at radius 2 is 2.19 bits per heavy atom. The second-order valence-electron chi connectivity index (χ2n) is 3.20. The van der Waals surface area contributed by atoms with Crippen LogP contribution in [0.2, 0.25) is 0 Å². The summed E-state index contributed by atoms with van der Waals surface area (Å²) in [6.07, 6.45) is 5.03. The molecule has 1 amide bonds. The first-order valence-electron chi connectivity index (χ1n) is 5.23. The van der Waals surface area contributed by atoms with E-state index in [1.165, 1.54) is 0 Å². The molecule has 0 radical (unpaired) electrons. The smallest absolute Gasteiger partial charge is 0.237 e. The van der Waals surface area contributed by atoms with Crippen LogP contribution >= 0.6 is 0 Å². The summed E-state index contributed by atoms with van der Waals surface area (Å²) in [6.45, 7) is 4.36. The largest absolute Gasteiger partial charge is 0.382 e. The van der Waals surface area contributed by atoms with Crippen molar-refractivity contribution in [3.63, 3.8) is 0 Å². The first-order valence-corrected chi connectivity index (χ1v) is 5.23. The summed E-state index contributed by atoms with van der Waals surface area (Å²) in [5.74, 6) is 2.24. The standard InChI is InChI=1S/C11H20N2O3/c1-4-5-13-11(14)10(2)12-6-7-16-9-8-15-3/h1,10,12H,5-9H2,2-3H3,(H,13,14). The third-order valence-corrected chi connectivity index (χ3v) is 1.89. The lowest BCUT2D eigenvalue weighted by molar-refractivity contribution is -0.122. The van der Waals surface area contributed by atoms with Gasteiger partial charge in [-0.05, 0) is 6.92 Å². The van der Waals surface area contributed by atoms with E-state index >= 15 is 0 Å². The molecule has 0 aromatic rings. The van der Waals surface area contributed by atoms with Crippen molar-refractivity contribution in [1.82, 2.24) is 10.6 Å². The first kappa shape index (κ1) is 14.9. The van der Waals surface area contributed by atoms with E-state index in [9.17, 15) is 4.79 Å². The van der Waals surface area contributed by atoms with Crippen molar-refractivity contribution in [2.45, 2.75) is 13.0 Å². The molecular formula is C11H20N2O3. The van der Waals surface area contributed by atoms with E-state index in [-0.39, 0.29) is 18.5 Å². The molecule has 0 bridgehead atoms. The maximum Gasteiger partial charge on any atom is 0.237 e. The molecule has 0 spiro atoms. The molecule has 2 N–H and O–H groups in total. The Morgan fingerprint density at radius 3 is 2.81 bits per heavy atom. The Bertz CT molecular complexity index is 226. The van der Waals surface area contributed by atoms with Crippen molar-refractivity contribution >= 4 is 5.91 Å². The van der Waals surface area contributed by atoms with E-state index in [1.54, 1.807) is 14.0 Å². The summed E-state index contributed by atoms with van der Waals surface area (Å²) in [5, 5.41) is 5.62. The number of methoxy groups -OCH3 is 1. The number of terminal acetylenes is 1. The zero-order chi connectivity index (χ0) is 12.2. The third kappa shape index (κ3) is 8.24. The predicted molar refractivity (Wildman–Crippen MR) is 62.0 cm³/mol. The first-order chi connectivity index (χ1) is 7.72. The molecule has 0 saturated carbocycles. The van der Waals surface area contributed by atoms with Gasteiger partial charge in [-0.3, -0.25) is 4.79 Å². The molecule has 0 aliphatic rings. The van der Waals surface area contributed by atoms with Gasteiger partial charge in [0.05, 0.1) is 32.4 Å². The van der Waals surface area contributed by atoms with Gasteiger partial charge in [-0.1, -0.05) is 5.92 Å². The molecule has 1 atom stereocenters. The second kappa shape index (κ2) is 10.4. The lowest BCUT2D eigenvalue weighted by Gasteiger charge is -2.12. The van der Waals surface area contributed by atoms with Crippen LogP contribution < -0.4 is 10.6 Å². The van der Waals surface area contributed by atoms with Crippen LogP contribution in [0.3, 0.4) is 0 Å². The molecule has 0 aliphatic heterocycles. The van der Waals surface area contributed by atoms with Crippen molar-refractivity contribution in [3.05, 3.63) is 0 Å². The van der Waals surface area contributed by atoms with E-state index in [0.717, 1.165) is 0 Å². The van der Waals surface area contributed by atoms with Crippen molar-refractivity contribution in [2.24, 2.45) is 0 Å². The van der Waals surface area contributed by atoms with Crippen LogP contribution in [0.4, 0.5) is 0 Å². The number of ether oxygens (including phenoxy) is 2. The van der Waals surface area contributed by atoms with Crippen LogP contribution in [0.1, 0.15) is 6.92 Å². The highest BCUT2D eigenvalue weighted by atomic mass is 16.5. The van der Waals surface area contributed by atoms with Crippen LogP contribution in [0, 0.1) is 12.3 Å². The minimum atomic E-state index is -0.264. The summed E-state index contributed by atoms with van der Waals surface area (Å²) < 4.78 is 10.1. The zero-order valence-electron chi connectivity index (χ0n) is 9.91. The molecule has 5 nitrogen and oxygen atoms in total. The number of hydrogen-bond donors (Lipinski definition) is 2. The fraction of sp³-hybridized carbons (Fsp3) is 0.727. The van der Waals surface area contributed by atoms with Gasteiger partial charge in [0, 0.05) is 13.7 Å². The number of carbonyl (C=O) groups is 1. The summed E-state index contributed by atoms with van der Waals surface area (Å²) in [7, 11) is 1.62. The zero-order valence-corrected chi connectivity index (χ0v) is 9.91. The summed E-state index contributed by atoms with van der Waals surface area (Å²) in [4.78, 5) is 11.3. The molecule has 0 heterocycles. The number of carbonyl (C=O) groups excluding carboxylic acids is 1. The lowest BCUT2D eigenvalue weighted by Crippen LogP contribution is -2.43. The molecular weight excluding hydrogens is 208 g/mol. The molecule has 0 fully saturated rings. The van der Waals surface area contributed by atoms with Crippen LogP contribution in [0.25, 0.3) is 0 Å². The fourth-order valence-electron chi connectivity index (χ4n) is 0.976. The quantitative estimate of drug-likeness (QED) is 0.408. The Labute approximate surface area is 96.9 Å². The molecule has 0 aromatic carbocycles. The van der Waals surface area contributed by atoms with Gasteiger partial charge < -0.3 is 20.1 Å². The van der Waals surface area contributed by atoms with Gasteiger partial charge in [0.2, 0.25) is 5.91 Å². The minimum absolute atomic E-state index is 0.102. The molecule has 0 aromatic heterocycles. The van der Waals surface area contributed by atoms with Crippen molar-refractivity contribution < 1.29 is 14.3 Å². The maximum absolute atomic E-state index is 11.3. The van der Waals surface area contributed by atoms with Gasteiger partial charge in [0.1, 0.15) is 0 Å². The topological polar surface area (TPSA) is 59.6 Å². The van der Waals surface area contributed by atoms with E-state index in [1.807, 2.05) is 0 Å².